The number of para-hydroxylation sites is 1. The maximum Gasteiger partial charge on any atom is 0.312 e. The lowest BCUT2D eigenvalue weighted by Gasteiger charge is -2.36. The number of esters is 1. The smallest absolute Gasteiger partial charge is 0.312 e. The molecule has 0 amide bonds. The molecule has 4 nitrogen and oxygen atoms in total. The molecule has 4 heteroatoms. The standard InChI is InChI=1S/C22H34N2O2/c1-3-22(4-2)18-20(26-21(22)25)12-8-9-13-23-14-16-24(17-15-23)19-10-6-5-7-11-19/h5-7,10-11,20H,3-4,8-9,12-18H2,1-2H3. The number of benzene rings is 1. The van der Waals surface area contributed by atoms with Gasteiger partial charge in [0, 0.05) is 38.3 Å². The van der Waals surface area contributed by atoms with Gasteiger partial charge in [0.2, 0.25) is 0 Å². The molecule has 0 bridgehead atoms. The summed E-state index contributed by atoms with van der Waals surface area (Å²) in [5.74, 6) is 0.0459. The number of anilines is 1. The number of carbonyl (C=O) groups is 1. The summed E-state index contributed by atoms with van der Waals surface area (Å²) in [4.78, 5) is 17.2. The van der Waals surface area contributed by atoms with E-state index in [9.17, 15) is 4.79 Å². The van der Waals surface area contributed by atoms with Crippen LogP contribution in [0.3, 0.4) is 0 Å². The summed E-state index contributed by atoms with van der Waals surface area (Å²) in [6, 6.07) is 10.7. The van der Waals surface area contributed by atoms with Gasteiger partial charge in [-0.1, -0.05) is 32.0 Å². The highest BCUT2D eigenvalue weighted by Gasteiger charge is 2.45. The first-order valence-corrected chi connectivity index (χ1v) is 10.4. The summed E-state index contributed by atoms with van der Waals surface area (Å²) >= 11 is 0. The molecular formula is C22H34N2O2. The number of rotatable bonds is 8. The first-order valence-electron chi connectivity index (χ1n) is 10.4. The van der Waals surface area contributed by atoms with Crippen LogP contribution in [-0.2, 0) is 9.53 Å². The number of carbonyl (C=O) groups excluding carboxylic acids is 1. The van der Waals surface area contributed by atoms with E-state index in [0.717, 1.165) is 64.8 Å². The first kappa shape index (κ1) is 19.2. The van der Waals surface area contributed by atoms with Gasteiger partial charge >= 0.3 is 5.97 Å². The zero-order valence-electron chi connectivity index (χ0n) is 16.5. The predicted octanol–water partition coefficient (Wildman–Crippen LogP) is 4.10. The molecule has 0 N–H and O–H groups in total. The predicted molar refractivity (Wildman–Crippen MR) is 106 cm³/mol. The Hall–Kier alpha value is -1.55. The molecule has 0 aromatic heterocycles. The van der Waals surface area contributed by atoms with Crippen molar-refractivity contribution in [1.29, 1.82) is 0 Å². The Morgan fingerprint density at radius 1 is 1.04 bits per heavy atom. The van der Waals surface area contributed by atoms with Gasteiger partial charge in [-0.2, -0.15) is 0 Å². The second kappa shape index (κ2) is 8.90. The third-order valence-corrected chi connectivity index (χ3v) is 6.42. The van der Waals surface area contributed by atoms with Gasteiger partial charge in [0.1, 0.15) is 6.10 Å². The molecule has 144 valence electrons. The van der Waals surface area contributed by atoms with Gasteiger partial charge in [-0.3, -0.25) is 9.69 Å². The SMILES string of the molecule is CCC1(CC)CC(CCCCN2CCN(c3ccccc3)CC2)OC1=O. The molecule has 2 heterocycles. The lowest BCUT2D eigenvalue weighted by atomic mass is 9.79. The normalized spacial score (nSPS) is 23.2. The zero-order chi connectivity index (χ0) is 18.4. The van der Waals surface area contributed by atoms with Crippen molar-refractivity contribution in [2.75, 3.05) is 37.6 Å². The fourth-order valence-electron chi connectivity index (χ4n) is 4.40. The van der Waals surface area contributed by atoms with Crippen LogP contribution >= 0.6 is 0 Å². The van der Waals surface area contributed by atoms with E-state index in [4.69, 9.17) is 4.74 Å². The summed E-state index contributed by atoms with van der Waals surface area (Å²) < 4.78 is 5.65. The van der Waals surface area contributed by atoms with E-state index >= 15 is 0 Å². The molecule has 1 unspecified atom stereocenters. The molecule has 1 aromatic rings. The Kier molecular flexibility index (Phi) is 6.58. The first-order chi connectivity index (χ1) is 12.7. The van der Waals surface area contributed by atoms with Gasteiger partial charge in [-0.05, 0) is 50.8 Å². The summed E-state index contributed by atoms with van der Waals surface area (Å²) in [5.41, 5.74) is 1.14. The van der Waals surface area contributed by atoms with Crippen molar-refractivity contribution < 1.29 is 9.53 Å². The number of piperazine rings is 1. The van der Waals surface area contributed by atoms with Gasteiger partial charge in [0.15, 0.2) is 0 Å². The van der Waals surface area contributed by atoms with Crippen LogP contribution in [0.1, 0.15) is 52.4 Å². The zero-order valence-corrected chi connectivity index (χ0v) is 16.5. The summed E-state index contributed by atoms with van der Waals surface area (Å²) in [6.07, 6.45) is 6.27. The minimum absolute atomic E-state index is 0.0459. The van der Waals surface area contributed by atoms with Crippen LogP contribution in [0.4, 0.5) is 5.69 Å². The highest BCUT2D eigenvalue weighted by Crippen LogP contribution is 2.41. The highest BCUT2D eigenvalue weighted by molar-refractivity contribution is 5.78. The average Bonchev–Trinajstić information content (AvgIpc) is 3.02. The van der Waals surface area contributed by atoms with E-state index in [0.29, 0.717) is 0 Å². The highest BCUT2D eigenvalue weighted by atomic mass is 16.6. The van der Waals surface area contributed by atoms with E-state index in [1.165, 1.54) is 12.1 Å². The van der Waals surface area contributed by atoms with Gasteiger partial charge in [-0.25, -0.2) is 0 Å². The largest absolute Gasteiger partial charge is 0.462 e. The molecule has 0 saturated carbocycles. The molecule has 3 rings (SSSR count). The second-order valence-electron chi connectivity index (χ2n) is 7.88. The van der Waals surface area contributed by atoms with Crippen molar-refractivity contribution in [1.82, 2.24) is 4.90 Å². The lowest BCUT2D eigenvalue weighted by molar-refractivity contribution is -0.149. The van der Waals surface area contributed by atoms with Crippen molar-refractivity contribution in [2.24, 2.45) is 5.41 Å². The maximum atomic E-state index is 12.2. The molecule has 1 atom stereocenters. The van der Waals surface area contributed by atoms with Crippen molar-refractivity contribution >= 4 is 11.7 Å². The van der Waals surface area contributed by atoms with Gasteiger partial charge in [0.25, 0.3) is 0 Å². The van der Waals surface area contributed by atoms with Crippen molar-refractivity contribution in [3.63, 3.8) is 0 Å². The number of unbranched alkanes of at least 4 members (excludes halogenated alkanes) is 1. The van der Waals surface area contributed by atoms with Crippen LogP contribution in [0, 0.1) is 5.41 Å². The Morgan fingerprint density at radius 3 is 2.35 bits per heavy atom. The Morgan fingerprint density at radius 2 is 1.73 bits per heavy atom. The third-order valence-electron chi connectivity index (χ3n) is 6.42. The van der Waals surface area contributed by atoms with Crippen molar-refractivity contribution in [2.45, 2.75) is 58.5 Å². The molecule has 2 fully saturated rings. The van der Waals surface area contributed by atoms with Crippen LogP contribution in [0.15, 0.2) is 30.3 Å². The number of hydrogen-bond donors (Lipinski definition) is 0. The van der Waals surface area contributed by atoms with Crippen molar-refractivity contribution in [3.05, 3.63) is 30.3 Å². The number of hydrogen-bond acceptors (Lipinski definition) is 4. The minimum atomic E-state index is -0.196. The quantitative estimate of drug-likeness (QED) is 0.517. The molecular weight excluding hydrogens is 324 g/mol. The molecule has 0 aliphatic carbocycles. The van der Waals surface area contributed by atoms with E-state index in [1.54, 1.807) is 0 Å². The molecule has 2 aliphatic heterocycles. The number of ether oxygens (including phenoxy) is 1. The van der Waals surface area contributed by atoms with Crippen LogP contribution < -0.4 is 4.90 Å². The minimum Gasteiger partial charge on any atom is -0.462 e. The molecule has 0 spiro atoms. The van der Waals surface area contributed by atoms with E-state index < -0.39 is 0 Å². The fourth-order valence-corrected chi connectivity index (χ4v) is 4.40. The Bertz CT molecular complexity index is 563. The van der Waals surface area contributed by atoms with E-state index in [2.05, 4.69) is 54.0 Å². The summed E-state index contributed by atoms with van der Waals surface area (Å²) in [7, 11) is 0. The van der Waals surface area contributed by atoms with E-state index in [-0.39, 0.29) is 17.5 Å². The Balaban J connectivity index is 1.32. The van der Waals surface area contributed by atoms with E-state index in [1.807, 2.05) is 0 Å². The van der Waals surface area contributed by atoms with Gasteiger partial charge in [-0.15, -0.1) is 0 Å². The second-order valence-corrected chi connectivity index (χ2v) is 7.88. The van der Waals surface area contributed by atoms with Crippen LogP contribution in [0.2, 0.25) is 0 Å². The molecule has 0 radical (unpaired) electrons. The lowest BCUT2D eigenvalue weighted by Crippen LogP contribution is -2.46. The molecule has 1 aromatic carbocycles. The fraction of sp³-hybridized carbons (Fsp3) is 0.682. The Labute approximate surface area is 158 Å². The number of nitrogens with zero attached hydrogens (tertiary/aromatic N) is 2. The summed E-state index contributed by atoms with van der Waals surface area (Å²) in [6.45, 7) is 9.89. The molecule has 2 saturated heterocycles. The molecule has 2 aliphatic rings. The monoisotopic (exact) mass is 358 g/mol. The molecule has 26 heavy (non-hydrogen) atoms. The van der Waals surface area contributed by atoms with Gasteiger partial charge in [0.05, 0.1) is 5.41 Å². The van der Waals surface area contributed by atoms with Crippen LogP contribution in [0.25, 0.3) is 0 Å². The number of cyclic esters (lactones) is 1. The van der Waals surface area contributed by atoms with Crippen molar-refractivity contribution in [3.8, 4) is 0 Å². The summed E-state index contributed by atoms with van der Waals surface area (Å²) in [5, 5.41) is 0. The van der Waals surface area contributed by atoms with Gasteiger partial charge < -0.3 is 9.64 Å². The maximum absolute atomic E-state index is 12.2. The third kappa shape index (κ3) is 4.40. The van der Waals surface area contributed by atoms with Crippen LogP contribution in [-0.4, -0.2) is 49.7 Å². The topological polar surface area (TPSA) is 32.8 Å². The van der Waals surface area contributed by atoms with Crippen LogP contribution in [0.5, 0.6) is 0 Å². The average molecular weight is 359 g/mol.